The highest BCUT2D eigenvalue weighted by Crippen LogP contribution is 2.45. The van der Waals surface area contributed by atoms with Crippen LogP contribution in [-0.2, 0) is 65.4 Å². The van der Waals surface area contributed by atoms with Crippen LogP contribution in [0.25, 0.3) is 0 Å². The van der Waals surface area contributed by atoms with Gasteiger partial charge in [-0.3, -0.25) is 37.3 Å². The topological polar surface area (TPSA) is 237 Å². The van der Waals surface area contributed by atoms with Crippen molar-refractivity contribution in [2.75, 3.05) is 39.6 Å². The zero-order valence-electron chi connectivity index (χ0n) is 59.7. The van der Waals surface area contributed by atoms with E-state index in [1.54, 1.807) is 0 Å². The summed E-state index contributed by atoms with van der Waals surface area (Å²) in [6.07, 6.45) is 54.1. The van der Waals surface area contributed by atoms with E-state index >= 15 is 0 Å². The van der Waals surface area contributed by atoms with Crippen LogP contribution in [0.4, 0.5) is 0 Å². The normalized spacial score (nSPS) is 14.3. The lowest BCUT2D eigenvalue weighted by atomic mass is 9.99. The first kappa shape index (κ1) is 90.1. The first-order valence-electron chi connectivity index (χ1n) is 38.2. The number of unbranched alkanes of at least 4 members (excludes halogenated alkanes) is 44. The molecule has 0 spiro atoms. The van der Waals surface area contributed by atoms with E-state index in [4.69, 9.17) is 37.0 Å². The average molecular weight is 1350 g/mol. The monoisotopic (exact) mass is 1350 g/mol. The fourth-order valence-corrected chi connectivity index (χ4v) is 12.7. The molecule has 546 valence electrons. The van der Waals surface area contributed by atoms with Crippen molar-refractivity contribution in [2.45, 2.75) is 400 Å². The second-order valence-electron chi connectivity index (χ2n) is 26.6. The molecule has 19 heteroatoms. The highest BCUT2D eigenvalue weighted by molar-refractivity contribution is 7.47. The van der Waals surface area contributed by atoms with Gasteiger partial charge in [-0.15, -0.1) is 0 Å². The van der Waals surface area contributed by atoms with Crippen LogP contribution in [0.2, 0.25) is 0 Å². The van der Waals surface area contributed by atoms with Crippen LogP contribution in [0.15, 0.2) is 0 Å². The van der Waals surface area contributed by atoms with Gasteiger partial charge in [0.2, 0.25) is 0 Å². The Labute approximate surface area is 562 Å². The molecule has 6 atom stereocenters. The van der Waals surface area contributed by atoms with Crippen molar-refractivity contribution in [3.8, 4) is 0 Å². The molecule has 0 heterocycles. The van der Waals surface area contributed by atoms with Gasteiger partial charge in [0.1, 0.15) is 19.3 Å². The molecule has 0 aliphatic rings. The molecule has 0 aromatic rings. The third-order valence-corrected chi connectivity index (χ3v) is 19.3. The number of aliphatic hydroxyl groups excluding tert-OH is 1. The van der Waals surface area contributed by atoms with E-state index in [2.05, 4.69) is 34.6 Å². The third-order valence-electron chi connectivity index (χ3n) is 17.4. The molecule has 3 unspecified atom stereocenters. The summed E-state index contributed by atoms with van der Waals surface area (Å²) in [7, 11) is -9.90. The zero-order valence-corrected chi connectivity index (χ0v) is 61.5. The van der Waals surface area contributed by atoms with Crippen molar-refractivity contribution in [3.05, 3.63) is 0 Å². The molecular formula is C73H142O17P2. The summed E-state index contributed by atoms with van der Waals surface area (Å²) in [5, 5.41) is 10.6. The summed E-state index contributed by atoms with van der Waals surface area (Å²) < 4.78 is 68.3. The molecule has 0 aromatic heterocycles. The van der Waals surface area contributed by atoms with Gasteiger partial charge in [0.05, 0.1) is 26.4 Å². The van der Waals surface area contributed by atoms with Crippen LogP contribution in [0.5, 0.6) is 0 Å². The Morgan fingerprint density at radius 2 is 0.522 bits per heavy atom. The standard InChI is InChI=1S/C73H142O17P2/c1-6-10-13-16-19-21-23-24-25-26-30-34-37-42-47-52-57-71(76)84-63-69(90-73(78)59-54-49-44-39-35-31-28-27-29-33-36-41-45-50-55-66(5)9-4)65-88-92(81,82)86-61-67(74)60-85-91(79,80)87-64-68(62-83-70(75)56-51-46-40-18-15-12-8-3)89-72(77)58-53-48-43-38-32-22-20-17-14-11-7-2/h66-69,74H,6-65H2,1-5H3,(H,79,80)(H,81,82)/t66?,67-,68+,69+/m0/s1. The molecular weight excluding hydrogens is 1210 g/mol. The number of esters is 4. The molecule has 0 aliphatic heterocycles. The number of hydrogen-bond donors (Lipinski definition) is 3. The molecule has 3 N–H and O–H groups in total. The van der Waals surface area contributed by atoms with Crippen LogP contribution < -0.4 is 0 Å². The van der Waals surface area contributed by atoms with Gasteiger partial charge in [-0.25, -0.2) is 9.13 Å². The van der Waals surface area contributed by atoms with Crippen molar-refractivity contribution in [1.29, 1.82) is 0 Å². The van der Waals surface area contributed by atoms with Crippen LogP contribution >= 0.6 is 15.6 Å². The third kappa shape index (κ3) is 65.4. The number of aliphatic hydroxyl groups is 1. The molecule has 0 bridgehead atoms. The Bertz CT molecular complexity index is 1770. The van der Waals surface area contributed by atoms with E-state index in [0.717, 1.165) is 109 Å². The number of phosphoric ester groups is 2. The number of ether oxygens (including phenoxy) is 4. The summed E-state index contributed by atoms with van der Waals surface area (Å²) in [5.41, 5.74) is 0. The smallest absolute Gasteiger partial charge is 0.462 e. The number of carbonyl (C=O) groups is 4. The predicted molar refractivity (Wildman–Crippen MR) is 372 cm³/mol. The fourth-order valence-electron chi connectivity index (χ4n) is 11.1. The molecule has 0 saturated carbocycles. The van der Waals surface area contributed by atoms with Gasteiger partial charge in [-0.1, -0.05) is 330 Å². The van der Waals surface area contributed by atoms with Crippen molar-refractivity contribution in [1.82, 2.24) is 0 Å². The van der Waals surface area contributed by atoms with Crippen molar-refractivity contribution < 1.29 is 80.2 Å². The average Bonchev–Trinajstić information content (AvgIpc) is 2.86. The minimum Gasteiger partial charge on any atom is -0.462 e. The fraction of sp³-hybridized carbons (Fsp3) is 0.945. The molecule has 0 rings (SSSR count). The minimum atomic E-state index is -4.95. The molecule has 92 heavy (non-hydrogen) atoms. The van der Waals surface area contributed by atoms with Gasteiger partial charge in [0.15, 0.2) is 12.2 Å². The molecule has 0 saturated heterocycles. The van der Waals surface area contributed by atoms with Gasteiger partial charge in [0, 0.05) is 25.7 Å². The van der Waals surface area contributed by atoms with Gasteiger partial charge < -0.3 is 33.8 Å². The molecule has 0 aromatic carbocycles. The van der Waals surface area contributed by atoms with Crippen molar-refractivity contribution >= 4 is 39.5 Å². The summed E-state index contributed by atoms with van der Waals surface area (Å²) in [6.45, 7) is 7.28. The van der Waals surface area contributed by atoms with Crippen molar-refractivity contribution in [3.63, 3.8) is 0 Å². The molecule has 0 aliphatic carbocycles. The Morgan fingerprint density at radius 1 is 0.304 bits per heavy atom. The zero-order chi connectivity index (χ0) is 67.7. The minimum absolute atomic E-state index is 0.107. The van der Waals surface area contributed by atoms with Gasteiger partial charge in [-0.05, 0) is 31.6 Å². The number of hydrogen-bond acceptors (Lipinski definition) is 15. The van der Waals surface area contributed by atoms with E-state index in [1.807, 2.05) is 0 Å². The highest BCUT2D eigenvalue weighted by atomic mass is 31.2. The Kier molecular flexibility index (Phi) is 64.9. The van der Waals surface area contributed by atoms with Gasteiger partial charge in [0.25, 0.3) is 0 Å². The van der Waals surface area contributed by atoms with Gasteiger partial charge in [-0.2, -0.15) is 0 Å². The lowest BCUT2D eigenvalue weighted by molar-refractivity contribution is -0.161. The van der Waals surface area contributed by atoms with Crippen LogP contribution in [0, 0.1) is 5.92 Å². The largest absolute Gasteiger partial charge is 0.472 e. The summed E-state index contributed by atoms with van der Waals surface area (Å²) >= 11 is 0. The van der Waals surface area contributed by atoms with E-state index < -0.39 is 97.5 Å². The SMILES string of the molecule is CCCCCCCCCCCCCCCCCCC(=O)OC[C@H](COP(=O)(O)OC[C@@H](O)COP(=O)(O)OC[C@@H](COC(=O)CCCCCCCCC)OC(=O)CCCCCCCCCCCCC)OC(=O)CCCCCCCCCCCCCCCCC(C)CC. The summed E-state index contributed by atoms with van der Waals surface area (Å²) in [5.74, 6) is -1.28. The van der Waals surface area contributed by atoms with E-state index in [-0.39, 0.29) is 25.7 Å². The lowest BCUT2D eigenvalue weighted by Crippen LogP contribution is -2.30. The second kappa shape index (κ2) is 66.3. The number of phosphoric acid groups is 2. The summed E-state index contributed by atoms with van der Waals surface area (Å²) in [4.78, 5) is 72.5. The Hall–Kier alpha value is -1.94. The maximum atomic E-state index is 13.1. The first-order valence-corrected chi connectivity index (χ1v) is 41.2. The van der Waals surface area contributed by atoms with E-state index in [1.165, 1.54) is 193 Å². The van der Waals surface area contributed by atoms with Crippen LogP contribution in [0.3, 0.4) is 0 Å². The van der Waals surface area contributed by atoms with E-state index in [0.29, 0.717) is 25.7 Å². The maximum absolute atomic E-state index is 13.1. The molecule has 0 amide bonds. The highest BCUT2D eigenvalue weighted by Gasteiger charge is 2.30. The maximum Gasteiger partial charge on any atom is 0.472 e. The molecule has 17 nitrogen and oxygen atoms in total. The quantitative estimate of drug-likeness (QED) is 0.0222. The summed E-state index contributed by atoms with van der Waals surface area (Å²) in [6, 6.07) is 0. The number of carbonyl (C=O) groups excluding carboxylic acids is 4. The van der Waals surface area contributed by atoms with E-state index in [9.17, 15) is 43.2 Å². The van der Waals surface area contributed by atoms with Crippen LogP contribution in [0.1, 0.15) is 381 Å². The number of rotatable bonds is 73. The second-order valence-corrected chi connectivity index (χ2v) is 29.5. The predicted octanol–water partition coefficient (Wildman–Crippen LogP) is 21.3. The Balaban J connectivity index is 5.19. The Morgan fingerprint density at radius 3 is 0.772 bits per heavy atom. The van der Waals surface area contributed by atoms with Crippen LogP contribution in [-0.4, -0.2) is 96.7 Å². The van der Waals surface area contributed by atoms with Crippen molar-refractivity contribution in [2.24, 2.45) is 5.92 Å². The van der Waals surface area contributed by atoms with Gasteiger partial charge >= 0.3 is 39.5 Å². The molecule has 0 fully saturated rings. The first-order chi connectivity index (χ1) is 44.6. The lowest BCUT2D eigenvalue weighted by Gasteiger charge is -2.21. The molecule has 0 radical (unpaired) electrons.